The third kappa shape index (κ3) is 1.92. The molecule has 1 aliphatic heterocycles. The molecule has 0 aromatic carbocycles. The summed E-state index contributed by atoms with van der Waals surface area (Å²) in [7, 11) is 0. The minimum absolute atomic E-state index is 0. The molecule has 3 rings (SSSR count). The molecule has 80 valence electrons. The van der Waals surface area contributed by atoms with E-state index in [1.807, 2.05) is 12.3 Å². The number of aromatic nitrogens is 1. The molecular weight excluding hydrogens is 208 g/mol. The van der Waals surface area contributed by atoms with Gasteiger partial charge in [0, 0.05) is 12.7 Å². The molecule has 0 radical (unpaired) electrons. The highest BCUT2D eigenvalue weighted by atomic mass is 35.5. The Kier molecular flexibility index (Phi) is 3.08. The van der Waals surface area contributed by atoms with E-state index in [1.165, 1.54) is 24.2 Å². The van der Waals surface area contributed by atoms with E-state index in [-0.39, 0.29) is 12.4 Å². The Morgan fingerprint density at radius 2 is 2.20 bits per heavy atom. The molecule has 1 fully saturated rings. The molecule has 1 N–H and O–H groups in total. The topological polar surface area (TPSA) is 24.9 Å². The van der Waals surface area contributed by atoms with Gasteiger partial charge in [-0.15, -0.1) is 12.4 Å². The van der Waals surface area contributed by atoms with E-state index in [0.29, 0.717) is 0 Å². The SMILES string of the molecule is C1=C(c2ccccn2)CC2CNCC12.Cl. The summed E-state index contributed by atoms with van der Waals surface area (Å²) in [6.07, 6.45) is 5.49. The molecule has 1 aliphatic carbocycles. The number of fused-ring (bicyclic) bond motifs is 1. The lowest BCUT2D eigenvalue weighted by Gasteiger charge is -2.05. The molecule has 2 atom stereocenters. The summed E-state index contributed by atoms with van der Waals surface area (Å²) >= 11 is 0. The highest BCUT2D eigenvalue weighted by molar-refractivity contribution is 5.85. The maximum absolute atomic E-state index is 4.40. The summed E-state index contributed by atoms with van der Waals surface area (Å²) in [5.74, 6) is 1.58. The van der Waals surface area contributed by atoms with Gasteiger partial charge in [0.05, 0.1) is 5.69 Å². The first-order chi connectivity index (χ1) is 6.93. The lowest BCUT2D eigenvalue weighted by molar-refractivity contribution is 0.536. The van der Waals surface area contributed by atoms with Crippen LogP contribution in [0.1, 0.15) is 12.1 Å². The Hall–Kier alpha value is -0.860. The average Bonchev–Trinajstić information content (AvgIpc) is 2.78. The van der Waals surface area contributed by atoms with E-state index in [0.717, 1.165) is 18.4 Å². The standard InChI is InChI=1S/C12H14N2.ClH/c1-2-4-14-12(3-1)9-5-10-7-13-8-11(10)6-9;/h1-5,10-11,13H,6-8H2;1H. The zero-order valence-electron chi connectivity index (χ0n) is 8.52. The molecule has 0 amide bonds. The fraction of sp³-hybridized carbons (Fsp3) is 0.417. The van der Waals surface area contributed by atoms with Gasteiger partial charge in [-0.3, -0.25) is 4.98 Å². The fourth-order valence-corrected chi connectivity index (χ4v) is 2.52. The van der Waals surface area contributed by atoms with Crippen LogP contribution < -0.4 is 5.32 Å². The Morgan fingerprint density at radius 1 is 1.27 bits per heavy atom. The van der Waals surface area contributed by atoms with Crippen LogP contribution in [0, 0.1) is 11.8 Å². The summed E-state index contributed by atoms with van der Waals surface area (Å²) in [5, 5.41) is 3.43. The summed E-state index contributed by atoms with van der Waals surface area (Å²) in [5.41, 5.74) is 2.61. The van der Waals surface area contributed by atoms with Crippen molar-refractivity contribution in [2.45, 2.75) is 6.42 Å². The quantitative estimate of drug-likeness (QED) is 0.788. The van der Waals surface area contributed by atoms with Crippen LogP contribution in [0.4, 0.5) is 0 Å². The zero-order chi connectivity index (χ0) is 9.38. The first-order valence-corrected chi connectivity index (χ1v) is 5.26. The third-order valence-corrected chi connectivity index (χ3v) is 3.28. The number of nitrogens with one attached hydrogen (secondary N) is 1. The largest absolute Gasteiger partial charge is 0.316 e. The van der Waals surface area contributed by atoms with Gasteiger partial charge in [-0.1, -0.05) is 12.1 Å². The second kappa shape index (κ2) is 4.33. The number of hydrogen-bond acceptors (Lipinski definition) is 2. The average molecular weight is 223 g/mol. The Labute approximate surface area is 96.2 Å². The minimum Gasteiger partial charge on any atom is -0.316 e. The van der Waals surface area contributed by atoms with E-state index in [4.69, 9.17) is 0 Å². The summed E-state index contributed by atoms with van der Waals surface area (Å²) in [6, 6.07) is 6.15. The van der Waals surface area contributed by atoms with Crippen LogP contribution in [0.25, 0.3) is 5.57 Å². The molecule has 3 heteroatoms. The number of pyridine rings is 1. The lowest BCUT2D eigenvalue weighted by atomic mass is 9.99. The van der Waals surface area contributed by atoms with E-state index in [2.05, 4.69) is 28.5 Å². The molecular formula is C12H15ClN2. The monoisotopic (exact) mass is 222 g/mol. The van der Waals surface area contributed by atoms with Crippen LogP contribution in [0.2, 0.25) is 0 Å². The number of hydrogen-bond donors (Lipinski definition) is 1. The Morgan fingerprint density at radius 3 is 2.93 bits per heavy atom. The molecule has 2 aliphatic rings. The molecule has 15 heavy (non-hydrogen) atoms. The second-order valence-corrected chi connectivity index (χ2v) is 4.19. The first kappa shape index (κ1) is 10.7. The Balaban J connectivity index is 0.000000853. The van der Waals surface area contributed by atoms with Gasteiger partial charge in [-0.2, -0.15) is 0 Å². The molecule has 2 heterocycles. The molecule has 0 spiro atoms. The van der Waals surface area contributed by atoms with Gasteiger partial charge >= 0.3 is 0 Å². The fourth-order valence-electron chi connectivity index (χ4n) is 2.52. The normalized spacial score (nSPS) is 28.1. The van der Waals surface area contributed by atoms with Crippen LogP contribution in [-0.4, -0.2) is 18.1 Å². The van der Waals surface area contributed by atoms with Gasteiger partial charge < -0.3 is 5.32 Å². The van der Waals surface area contributed by atoms with Crippen molar-refractivity contribution in [3.05, 3.63) is 36.2 Å². The minimum atomic E-state index is 0. The maximum atomic E-state index is 4.40. The highest BCUT2D eigenvalue weighted by Gasteiger charge is 2.31. The molecule has 2 nitrogen and oxygen atoms in total. The summed E-state index contributed by atoms with van der Waals surface area (Å²) in [6.45, 7) is 2.33. The molecule has 1 aromatic rings. The number of nitrogens with zero attached hydrogens (tertiary/aromatic N) is 1. The number of rotatable bonds is 1. The van der Waals surface area contributed by atoms with Gasteiger partial charge in [0.1, 0.15) is 0 Å². The van der Waals surface area contributed by atoms with Crippen molar-refractivity contribution >= 4 is 18.0 Å². The van der Waals surface area contributed by atoms with E-state index < -0.39 is 0 Å². The van der Waals surface area contributed by atoms with Crippen LogP contribution in [-0.2, 0) is 0 Å². The predicted octanol–water partition coefficient (Wildman–Crippen LogP) is 2.13. The van der Waals surface area contributed by atoms with Gasteiger partial charge in [-0.25, -0.2) is 0 Å². The van der Waals surface area contributed by atoms with Crippen molar-refractivity contribution in [2.75, 3.05) is 13.1 Å². The van der Waals surface area contributed by atoms with Gasteiger partial charge in [0.25, 0.3) is 0 Å². The van der Waals surface area contributed by atoms with E-state index in [1.54, 1.807) is 0 Å². The van der Waals surface area contributed by atoms with Crippen molar-refractivity contribution in [2.24, 2.45) is 11.8 Å². The molecule has 0 bridgehead atoms. The smallest absolute Gasteiger partial charge is 0.0658 e. The van der Waals surface area contributed by atoms with Gasteiger partial charge in [-0.05, 0) is 42.5 Å². The second-order valence-electron chi connectivity index (χ2n) is 4.19. The van der Waals surface area contributed by atoms with Gasteiger partial charge in [0.2, 0.25) is 0 Å². The molecule has 2 unspecified atom stereocenters. The van der Waals surface area contributed by atoms with Crippen molar-refractivity contribution in [3.63, 3.8) is 0 Å². The molecule has 1 aromatic heterocycles. The van der Waals surface area contributed by atoms with E-state index in [9.17, 15) is 0 Å². The first-order valence-electron chi connectivity index (χ1n) is 5.26. The van der Waals surface area contributed by atoms with Crippen LogP contribution in [0.5, 0.6) is 0 Å². The lowest BCUT2D eigenvalue weighted by Crippen LogP contribution is -2.09. The number of allylic oxidation sites excluding steroid dienone is 1. The number of halogens is 1. The summed E-state index contributed by atoms with van der Waals surface area (Å²) < 4.78 is 0. The van der Waals surface area contributed by atoms with Crippen LogP contribution >= 0.6 is 12.4 Å². The van der Waals surface area contributed by atoms with E-state index >= 15 is 0 Å². The van der Waals surface area contributed by atoms with Crippen molar-refractivity contribution < 1.29 is 0 Å². The zero-order valence-corrected chi connectivity index (χ0v) is 9.33. The Bertz CT molecular complexity index is 361. The highest BCUT2D eigenvalue weighted by Crippen LogP contribution is 2.37. The predicted molar refractivity (Wildman–Crippen MR) is 63.9 cm³/mol. The third-order valence-electron chi connectivity index (χ3n) is 3.28. The van der Waals surface area contributed by atoms with Crippen molar-refractivity contribution in [1.29, 1.82) is 0 Å². The van der Waals surface area contributed by atoms with Crippen molar-refractivity contribution in [3.8, 4) is 0 Å². The van der Waals surface area contributed by atoms with Crippen LogP contribution in [0.15, 0.2) is 30.5 Å². The maximum Gasteiger partial charge on any atom is 0.0658 e. The van der Waals surface area contributed by atoms with Crippen LogP contribution in [0.3, 0.4) is 0 Å². The van der Waals surface area contributed by atoms with Crippen molar-refractivity contribution in [1.82, 2.24) is 10.3 Å². The molecule has 1 saturated heterocycles. The molecule has 0 saturated carbocycles. The summed E-state index contributed by atoms with van der Waals surface area (Å²) in [4.78, 5) is 4.40. The van der Waals surface area contributed by atoms with Gasteiger partial charge in [0.15, 0.2) is 0 Å².